The lowest BCUT2D eigenvalue weighted by molar-refractivity contribution is -0.276. The number of alkyl halides is 12. The van der Waals surface area contributed by atoms with Crippen LogP contribution in [0.4, 0.5) is 81.6 Å². The Kier molecular flexibility index (Phi) is 20.9. The number of nitrogen functional groups attached to an aromatic ring is 1. The van der Waals surface area contributed by atoms with Crippen LogP contribution in [-0.2, 0) is 21.8 Å². The van der Waals surface area contributed by atoms with Crippen LogP contribution in [0.2, 0.25) is 0 Å². The van der Waals surface area contributed by atoms with Gasteiger partial charge in [-0.05, 0) is 99.5 Å². The summed E-state index contributed by atoms with van der Waals surface area (Å²) in [4.78, 5) is 54.5. The normalized spacial score (nSPS) is 11.3. The SMILES string of the molecule is C.COC(=O)c1cc(N)c(C)cn1.COC(=O)c1cc(NC(=O)c2c(Oc3ccc(OC(F)(F)F)c(F)c3C)ccc(C(F)(F)F)c2F)c(C)cn1.Cc1c(Oc2ccc(C(F)(F)F)c(F)c2C(=O)O)ccc(OC(F)(F)F)c1F. The summed E-state index contributed by atoms with van der Waals surface area (Å²) in [5, 5.41) is 11.2. The molecule has 15 nitrogen and oxygen atoms in total. The predicted octanol–water partition coefficient (Wildman–Crippen LogP) is 13.8. The van der Waals surface area contributed by atoms with Crippen molar-refractivity contribution in [2.24, 2.45) is 0 Å². The first-order valence-electron chi connectivity index (χ1n) is 21.0. The quantitative estimate of drug-likeness (QED) is 0.0815. The topological polar surface area (TPSA) is 208 Å². The number of pyridine rings is 2. The number of anilines is 2. The third-order valence-corrected chi connectivity index (χ3v) is 10.0. The van der Waals surface area contributed by atoms with Gasteiger partial charge in [-0.2, -0.15) is 26.3 Å². The second kappa shape index (κ2) is 25.6. The summed E-state index contributed by atoms with van der Waals surface area (Å²) >= 11 is 0. The van der Waals surface area contributed by atoms with Crippen LogP contribution < -0.4 is 30.0 Å². The Balaban J connectivity index is 0.000000356. The highest BCUT2D eigenvalue weighted by atomic mass is 19.4. The molecule has 0 unspecified atom stereocenters. The number of benzene rings is 4. The van der Waals surface area contributed by atoms with E-state index >= 15 is 4.39 Å². The van der Waals surface area contributed by atoms with Crippen molar-refractivity contribution in [3.8, 4) is 34.5 Å². The number of esters is 2. The molecule has 0 saturated carbocycles. The Hall–Kier alpha value is -9.06. The molecule has 1 amide bonds. The number of aromatic carboxylic acids is 1. The monoisotopic (exact) mass is 1160 g/mol. The molecule has 0 aliphatic rings. The molecule has 0 atom stereocenters. The van der Waals surface area contributed by atoms with Crippen LogP contribution in [0.25, 0.3) is 0 Å². The third-order valence-electron chi connectivity index (χ3n) is 10.0. The summed E-state index contributed by atoms with van der Waals surface area (Å²) in [5.41, 5.74) is -0.627. The molecule has 4 aromatic carbocycles. The van der Waals surface area contributed by atoms with E-state index in [9.17, 15) is 85.0 Å². The highest BCUT2D eigenvalue weighted by molar-refractivity contribution is 6.07. The van der Waals surface area contributed by atoms with Crippen molar-refractivity contribution in [2.45, 2.75) is 60.2 Å². The summed E-state index contributed by atoms with van der Waals surface area (Å²) in [7, 11) is 2.36. The van der Waals surface area contributed by atoms with Crippen molar-refractivity contribution in [1.82, 2.24) is 9.97 Å². The molecule has 0 radical (unpaired) electrons. The van der Waals surface area contributed by atoms with E-state index in [1.165, 1.54) is 20.1 Å². The van der Waals surface area contributed by atoms with E-state index in [0.717, 1.165) is 50.9 Å². The van der Waals surface area contributed by atoms with Crippen molar-refractivity contribution >= 4 is 35.2 Å². The van der Waals surface area contributed by atoms with Crippen LogP contribution >= 0.6 is 0 Å². The first-order chi connectivity index (χ1) is 36.4. The van der Waals surface area contributed by atoms with Gasteiger partial charge in [0.25, 0.3) is 5.91 Å². The summed E-state index contributed by atoms with van der Waals surface area (Å²) in [6, 6.07) is 6.65. The Morgan fingerprint density at radius 2 is 0.887 bits per heavy atom. The maximum atomic E-state index is 15.1. The van der Waals surface area contributed by atoms with Crippen LogP contribution in [0.3, 0.4) is 0 Å². The first-order valence-corrected chi connectivity index (χ1v) is 21.0. The largest absolute Gasteiger partial charge is 0.573 e. The number of amides is 1. The van der Waals surface area contributed by atoms with Crippen LogP contribution in [0.5, 0.6) is 34.5 Å². The fourth-order valence-corrected chi connectivity index (χ4v) is 6.10. The van der Waals surface area contributed by atoms with Crippen LogP contribution in [0.15, 0.2) is 73.1 Å². The van der Waals surface area contributed by atoms with E-state index in [4.69, 9.17) is 20.3 Å². The van der Waals surface area contributed by atoms with Gasteiger partial charge in [0.15, 0.2) is 34.8 Å². The highest BCUT2D eigenvalue weighted by Crippen LogP contribution is 2.42. The number of nitrogens with two attached hydrogens (primary N) is 1. The molecule has 432 valence electrons. The number of hydrogen-bond acceptors (Lipinski definition) is 13. The van der Waals surface area contributed by atoms with Crippen LogP contribution in [-0.4, -0.2) is 65.8 Å². The molecule has 31 heteroatoms. The first kappa shape index (κ1) is 65.2. The second-order valence-corrected chi connectivity index (χ2v) is 15.5. The Morgan fingerprint density at radius 3 is 1.26 bits per heavy atom. The molecule has 2 aromatic heterocycles. The minimum absolute atomic E-state index is 0. The molecule has 6 aromatic rings. The maximum Gasteiger partial charge on any atom is 0.573 e. The molecule has 2 heterocycles. The molecule has 0 bridgehead atoms. The number of carbonyl (C=O) groups excluding carboxylic acids is 3. The number of carboxylic acids is 1. The van der Waals surface area contributed by atoms with Gasteiger partial charge in [-0.1, -0.05) is 7.43 Å². The van der Waals surface area contributed by atoms with Gasteiger partial charge in [0.2, 0.25) is 0 Å². The number of aryl methyl sites for hydroxylation is 2. The van der Waals surface area contributed by atoms with Gasteiger partial charge in [-0.15, -0.1) is 26.3 Å². The van der Waals surface area contributed by atoms with E-state index in [0.29, 0.717) is 30.0 Å². The standard InChI is InChI=1S/C24H16F8N2O5.C16H8F8O4.C8H10N2O2.CH4/c1-10-9-33-14(22(36)37-3)8-13(10)34-21(35)18-16(5-4-12(20(18)26)23(27,28)29)38-15-6-7-17(19(25)11(15)2)39-24(30,31)32;1-6-8(4-5-10(12(6)17)28-16(22,23)24)27-9-3-2-7(15(19,20)21)13(18)11(9)14(25)26;1-5-4-10-7(3-6(5)9)8(11)12-2;/h4-9H,1-3H3,(H,33,34,35);2-5H,1H3,(H,25,26);3-4H,1-2H3,(H2,9,10);1H4. The van der Waals surface area contributed by atoms with Gasteiger partial charge in [0, 0.05) is 34.9 Å². The van der Waals surface area contributed by atoms with E-state index in [1.54, 1.807) is 6.20 Å². The number of methoxy groups -OCH3 is 2. The van der Waals surface area contributed by atoms with E-state index in [2.05, 4.69) is 34.2 Å². The molecule has 6 rings (SSSR count). The molecular weight excluding hydrogens is 1120 g/mol. The maximum absolute atomic E-state index is 15.1. The van der Waals surface area contributed by atoms with Crippen LogP contribution in [0, 0.1) is 51.0 Å². The number of nitrogens with zero attached hydrogens (tertiary/aromatic N) is 2. The number of halogens is 16. The predicted molar refractivity (Wildman–Crippen MR) is 245 cm³/mol. The summed E-state index contributed by atoms with van der Waals surface area (Å²) in [6.45, 7) is 5.14. The Morgan fingerprint density at radius 1 is 0.525 bits per heavy atom. The van der Waals surface area contributed by atoms with Gasteiger partial charge in [0.05, 0.1) is 25.3 Å². The second-order valence-electron chi connectivity index (χ2n) is 15.5. The Labute approximate surface area is 439 Å². The summed E-state index contributed by atoms with van der Waals surface area (Å²) in [5.74, 6) is -17.5. The molecular formula is C49H38F16N4O11. The summed E-state index contributed by atoms with van der Waals surface area (Å²) < 4.78 is 236. The molecule has 0 aliphatic heterocycles. The number of carbonyl (C=O) groups is 4. The van der Waals surface area contributed by atoms with Crippen molar-refractivity contribution in [2.75, 3.05) is 25.3 Å². The molecule has 80 heavy (non-hydrogen) atoms. The van der Waals surface area contributed by atoms with Crippen LogP contribution in [0.1, 0.15) is 82.5 Å². The smallest absolute Gasteiger partial charge is 0.477 e. The van der Waals surface area contributed by atoms with E-state index in [1.807, 2.05) is 6.92 Å². The zero-order valence-corrected chi connectivity index (χ0v) is 40.5. The average molecular weight is 1160 g/mol. The average Bonchev–Trinajstić information content (AvgIpc) is 3.33. The molecule has 0 spiro atoms. The number of carboxylic acid groups (broad SMARTS) is 1. The zero-order chi connectivity index (χ0) is 59.9. The van der Waals surface area contributed by atoms with Crippen molar-refractivity contribution in [1.29, 1.82) is 0 Å². The number of aromatic nitrogens is 2. The molecule has 4 N–H and O–H groups in total. The van der Waals surface area contributed by atoms with E-state index < -0.39 is 140 Å². The fraction of sp³-hybridized carbons (Fsp3) is 0.224. The van der Waals surface area contributed by atoms with E-state index in [-0.39, 0.29) is 42.2 Å². The summed E-state index contributed by atoms with van der Waals surface area (Å²) in [6.07, 6.45) is -18.2. The van der Waals surface area contributed by atoms with Gasteiger partial charge < -0.3 is 44.6 Å². The van der Waals surface area contributed by atoms with Gasteiger partial charge in [0.1, 0.15) is 45.5 Å². The zero-order valence-electron chi connectivity index (χ0n) is 40.5. The van der Waals surface area contributed by atoms with Gasteiger partial charge in [-0.3, -0.25) is 4.79 Å². The third kappa shape index (κ3) is 16.5. The van der Waals surface area contributed by atoms with Crippen molar-refractivity contribution in [3.05, 3.63) is 152 Å². The minimum atomic E-state index is -5.24. The number of nitrogens with one attached hydrogen (secondary N) is 1. The lowest BCUT2D eigenvalue weighted by Crippen LogP contribution is -2.20. The highest BCUT2D eigenvalue weighted by Gasteiger charge is 2.40. The number of rotatable bonds is 11. The lowest BCUT2D eigenvalue weighted by Gasteiger charge is -2.18. The van der Waals surface area contributed by atoms with Gasteiger partial charge in [-0.25, -0.2) is 41.9 Å². The minimum Gasteiger partial charge on any atom is -0.477 e. The molecule has 0 aliphatic carbocycles. The molecule has 0 saturated heterocycles. The van der Waals surface area contributed by atoms with Crippen molar-refractivity contribution < 1.29 is 123 Å². The lowest BCUT2D eigenvalue weighted by atomic mass is 10.1. The van der Waals surface area contributed by atoms with Gasteiger partial charge >= 0.3 is 43.0 Å². The number of ether oxygens (including phenoxy) is 6. The molecule has 0 fully saturated rings. The van der Waals surface area contributed by atoms with Crippen molar-refractivity contribution in [3.63, 3.8) is 0 Å². The Bertz CT molecular complexity index is 3290. The number of hydrogen-bond donors (Lipinski definition) is 3. The fourth-order valence-electron chi connectivity index (χ4n) is 6.10.